The van der Waals surface area contributed by atoms with Crippen molar-refractivity contribution in [1.29, 1.82) is 0 Å². The van der Waals surface area contributed by atoms with Crippen molar-refractivity contribution in [3.8, 4) is 0 Å². The normalized spacial score (nSPS) is 18.5. The first-order valence-corrected chi connectivity index (χ1v) is 8.19. The highest BCUT2D eigenvalue weighted by molar-refractivity contribution is 7.92. The van der Waals surface area contributed by atoms with E-state index in [1.165, 1.54) is 0 Å². The van der Waals surface area contributed by atoms with E-state index in [1.807, 2.05) is 0 Å². The number of carboxylic acid groups (broad SMARTS) is 1. The molecule has 1 fully saturated rings. The largest absolute Gasteiger partial charge is 0.480 e. The molecular formula is C12H21NO5S. The van der Waals surface area contributed by atoms with Crippen molar-refractivity contribution in [1.82, 2.24) is 5.32 Å². The fraction of sp³-hybridized carbons (Fsp3) is 0.833. The van der Waals surface area contributed by atoms with Crippen molar-refractivity contribution in [3.05, 3.63) is 0 Å². The van der Waals surface area contributed by atoms with Gasteiger partial charge < -0.3 is 10.4 Å². The Morgan fingerprint density at radius 1 is 1.26 bits per heavy atom. The van der Waals surface area contributed by atoms with Gasteiger partial charge in [0.2, 0.25) is 5.91 Å². The van der Waals surface area contributed by atoms with Gasteiger partial charge >= 0.3 is 5.97 Å². The van der Waals surface area contributed by atoms with Crippen molar-refractivity contribution in [3.63, 3.8) is 0 Å². The number of sulfone groups is 1. The molecule has 0 aliphatic heterocycles. The molecule has 0 radical (unpaired) electrons. The van der Waals surface area contributed by atoms with Gasteiger partial charge in [0.25, 0.3) is 0 Å². The summed E-state index contributed by atoms with van der Waals surface area (Å²) in [5.41, 5.74) is 0. The van der Waals surface area contributed by atoms with Gasteiger partial charge in [0, 0.05) is 0 Å². The maximum atomic E-state index is 12.0. The molecule has 1 aliphatic rings. The summed E-state index contributed by atoms with van der Waals surface area (Å²) in [4.78, 5) is 22.6. The van der Waals surface area contributed by atoms with Gasteiger partial charge in [0.05, 0.1) is 5.25 Å². The van der Waals surface area contributed by atoms with Gasteiger partial charge in [0.15, 0.2) is 9.84 Å². The van der Waals surface area contributed by atoms with Gasteiger partial charge in [-0.05, 0) is 18.8 Å². The number of carboxylic acids is 1. The topological polar surface area (TPSA) is 101 Å². The molecule has 19 heavy (non-hydrogen) atoms. The third-order valence-electron chi connectivity index (χ3n) is 3.39. The maximum absolute atomic E-state index is 12.0. The molecule has 110 valence electrons. The summed E-state index contributed by atoms with van der Waals surface area (Å²) in [6.45, 7) is 3.31. The standard InChI is InChI=1S/C12H21NO5S/c1-8(2)11(12(15)16)13-10(14)7-19(17,18)9-5-3-4-6-9/h8-9,11H,3-7H2,1-2H3,(H,13,14)(H,15,16). The second-order valence-electron chi connectivity index (χ2n) is 5.34. The van der Waals surface area contributed by atoms with Crippen LogP contribution >= 0.6 is 0 Å². The lowest BCUT2D eigenvalue weighted by Gasteiger charge is -2.18. The van der Waals surface area contributed by atoms with Gasteiger partial charge in [-0.15, -0.1) is 0 Å². The second kappa shape index (κ2) is 6.36. The number of amides is 1. The van der Waals surface area contributed by atoms with Gasteiger partial charge in [-0.25, -0.2) is 13.2 Å². The molecule has 0 saturated heterocycles. The Hall–Kier alpha value is -1.11. The molecule has 1 saturated carbocycles. The summed E-state index contributed by atoms with van der Waals surface area (Å²) in [5, 5.41) is 10.8. The van der Waals surface area contributed by atoms with E-state index in [-0.39, 0.29) is 5.92 Å². The van der Waals surface area contributed by atoms with Crippen LogP contribution in [0.1, 0.15) is 39.5 Å². The van der Waals surface area contributed by atoms with Crippen LogP contribution in [0, 0.1) is 5.92 Å². The van der Waals surface area contributed by atoms with Crippen molar-refractivity contribution in [2.24, 2.45) is 5.92 Å². The molecule has 0 aromatic carbocycles. The zero-order valence-corrected chi connectivity index (χ0v) is 12.1. The predicted molar refractivity (Wildman–Crippen MR) is 70.4 cm³/mol. The molecule has 0 aromatic heterocycles. The smallest absolute Gasteiger partial charge is 0.326 e. The first-order chi connectivity index (χ1) is 8.74. The van der Waals surface area contributed by atoms with Crippen molar-refractivity contribution >= 4 is 21.7 Å². The van der Waals surface area contributed by atoms with Crippen LogP contribution < -0.4 is 5.32 Å². The Morgan fingerprint density at radius 3 is 2.21 bits per heavy atom. The summed E-state index contributed by atoms with van der Waals surface area (Å²) in [7, 11) is -3.46. The minimum absolute atomic E-state index is 0.296. The average Bonchev–Trinajstić information content (AvgIpc) is 2.78. The predicted octanol–water partition coefficient (Wildman–Crippen LogP) is 0.569. The van der Waals surface area contributed by atoms with E-state index in [4.69, 9.17) is 5.11 Å². The lowest BCUT2D eigenvalue weighted by molar-refractivity contribution is -0.142. The summed E-state index contributed by atoms with van der Waals surface area (Å²) in [5.74, 6) is -2.79. The first-order valence-electron chi connectivity index (χ1n) is 6.47. The molecule has 1 atom stereocenters. The van der Waals surface area contributed by atoms with E-state index in [2.05, 4.69) is 5.32 Å². The third kappa shape index (κ3) is 4.49. The van der Waals surface area contributed by atoms with Crippen LogP contribution in [0.25, 0.3) is 0 Å². The Morgan fingerprint density at radius 2 is 1.79 bits per heavy atom. The summed E-state index contributed by atoms with van der Waals surface area (Å²) in [6, 6.07) is -1.05. The zero-order chi connectivity index (χ0) is 14.6. The third-order valence-corrected chi connectivity index (χ3v) is 5.54. The summed E-state index contributed by atoms with van der Waals surface area (Å²) >= 11 is 0. The van der Waals surface area contributed by atoms with Gasteiger partial charge in [-0.2, -0.15) is 0 Å². The second-order valence-corrected chi connectivity index (χ2v) is 7.62. The number of carbonyl (C=O) groups excluding carboxylic acids is 1. The van der Waals surface area contributed by atoms with Crippen molar-refractivity contribution < 1.29 is 23.1 Å². The molecule has 1 amide bonds. The lowest BCUT2D eigenvalue weighted by Crippen LogP contribution is -2.47. The van der Waals surface area contributed by atoms with Gasteiger partial charge in [-0.3, -0.25) is 4.79 Å². The molecular weight excluding hydrogens is 270 g/mol. The number of hydrogen-bond acceptors (Lipinski definition) is 4. The Kier molecular flexibility index (Phi) is 5.34. The molecule has 1 unspecified atom stereocenters. The highest BCUT2D eigenvalue weighted by Crippen LogP contribution is 2.25. The van der Waals surface area contributed by atoms with Crippen LogP contribution in [0.5, 0.6) is 0 Å². The molecule has 1 aliphatic carbocycles. The number of nitrogens with one attached hydrogen (secondary N) is 1. The van der Waals surface area contributed by atoms with Crippen LogP contribution in [0.4, 0.5) is 0 Å². The Labute approximate surface area is 113 Å². The lowest BCUT2D eigenvalue weighted by atomic mass is 10.1. The molecule has 0 heterocycles. The van der Waals surface area contributed by atoms with Crippen LogP contribution in [-0.2, 0) is 19.4 Å². The van der Waals surface area contributed by atoms with E-state index >= 15 is 0 Å². The molecule has 6 nitrogen and oxygen atoms in total. The first kappa shape index (κ1) is 15.9. The minimum Gasteiger partial charge on any atom is -0.480 e. The highest BCUT2D eigenvalue weighted by atomic mass is 32.2. The molecule has 0 bridgehead atoms. The zero-order valence-electron chi connectivity index (χ0n) is 11.3. The van der Waals surface area contributed by atoms with Crippen LogP contribution in [0.3, 0.4) is 0 Å². The van der Waals surface area contributed by atoms with Crippen LogP contribution in [0.2, 0.25) is 0 Å². The van der Waals surface area contributed by atoms with Crippen LogP contribution in [0.15, 0.2) is 0 Å². The molecule has 0 spiro atoms. The maximum Gasteiger partial charge on any atom is 0.326 e. The number of rotatable bonds is 6. The van der Waals surface area contributed by atoms with E-state index in [0.717, 1.165) is 12.8 Å². The molecule has 0 aromatic rings. The Balaban J connectivity index is 2.61. The van der Waals surface area contributed by atoms with Gasteiger partial charge in [0.1, 0.15) is 11.8 Å². The molecule has 7 heteroatoms. The van der Waals surface area contributed by atoms with E-state index in [0.29, 0.717) is 12.8 Å². The van der Waals surface area contributed by atoms with E-state index < -0.39 is 38.8 Å². The summed E-state index contributed by atoms with van der Waals surface area (Å²) in [6.07, 6.45) is 2.94. The number of hydrogen-bond donors (Lipinski definition) is 2. The fourth-order valence-corrected chi connectivity index (χ4v) is 4.01. The van der Waals surface area contributed by atoms with E-state index in [9.17, 15) is 18.0 Å². The van der Waals surface area contributed by atoms with Gasteiger partial charge in [-0.1, -0.05) is 26.7 Å². The highest BCUT2D eigenvalue weighted by Gasteiger charge is 2.32. The fourth-order valence-electron chi connectivity index (χ4n) is 2.28. The summed E-state index contributed by atoms with van der Waals surface area (Å²) < 4.78 is 23.9. The number of aliphatic carboxylic acids is 1. The molecule has 1 rings (SSSR count). The van der Waals surface area contributed by atoms with E-state index in [1.54, 1.807) is 13.8 Å². The monoisotopic (exact) mass is 291 g/mol. The quantitative estimate of drug-likeness (QED) is 0.745. The minimum atomic E-state index is -3.46. The average molecular weight is 291 g/mol. The van der Waals surface area contributed by atoms with Crippen LogP contribution in [-0.4, -0.2) is 42.4 Å². The SMILES string of the molecule is CC(C)C(NC(=O)CS(=O)(=O)C1CCCC1)C(=O)O. The van der Waals surface area contributed by atoms with Crippen molar-refractivity contribution in [2.75, 3.05) is 5.75 Å². The Bertz CT molecular complexity index is 437. The van der Waals surface area contributed by atoms with Crippen molar-refractivity contribution in [2.45, 2.75) is 50.8 Å². The molecule has 2 N–H and O–H groups in total. The number of carbonyl (C=O) groups is 2.